The van der Waals surface area contributed by atoms with Crippen molar-refractivity contribution in [1.82, 2.24) is 23.7 Å². The van der Waals surface area contributed by atoms with Gasteiger partial charge in [-0.25, -0.2) is 4.98 Å². The van der Waals surface area contributed by atoms with Crippen molar-refractivity contribution in [1.29, 1.82) is 0 Å². The van der Waals surface area contributed by atoms with Crippen LogP contribution in [0.1, 0.15) is 79.0 Å². The second-order valence-corrected chi connectivity index (χ2v) is 31.6. The van der Waals surface area contributed by atoms with E-state index in [1.54, 1.807) is 0 Å². The first-order valence-corrected chi connectivity index (χ1v) is 32.4. The lowest BCUT2D eigenvalue weighted by Gasteiger charge is -2.28. The van der Waals surface area contributed by atoms with Crippen LogP contribution in [0.2, 0.25) is 19.6 Å². The molecule has 0 radical (unpaired) electrons. The molecule has 0 aliphatic carbocycles. The largest absolute Gasteiger partial charge is 0.507 e. The normalized spacial score (nSPS) is 12.7. The summed E-state index contributed by atoms with van der Waals surface area (Å²) in [5, 5.41) is 18.8. The molecule has 0 saturated heterocycles. The third kappa shape index (κ3) is 8.85. The van der Waals surface area contributed by atoms with Crippen molar-refractivity contribution in [2.45, 2.75) is 98.2 Å². The maximum atomic E-state index is 12.8. The van der Waals surface area contributed by atoms with Crippen LogP contribution in [0.15, 0.2) is 206 Å². The molecule has 0 aliphatic rings. The van der Waals surface area contributed by atoms with Gasteiger partial charge in [0.1, 0.15) is 11.6 Å². The number of aromatic nitrogens is 5. The van der Waals surface area contributed by atoms with E-state index in [0.717, 1.165) is 100 Å². The first-order chi connectivity index (χ1) is 39.1. The molecule has 7 heteroatoms. The van der Waals surface area contributed by atoms with E-state index in [2.05, 4.69) is 302 Å². The molecule has 0 unspecified atom stereocenters. The van der Waals surface area contributed by atoms with Crippen molar-refractivity contribution in [3.8, 4) is 67.7 Å². The maximum Gasteiger partial charge on any atom is 0.149 e. The number of aromatic hydroxyl groups is 1. The molecule has 1 N–H and O–H groups in total. The van der Waals surface area contributed by atoms with Gasteiger partial charge in [0.15, 0.2) is 0 Å². The predicted molar refractivity (Wildman–Crippen MR) is 350 cm³/mol. The van der Waals surface area contributed by atoms with Gasteiger partial charge in [-0.2, -0.15) is 0 Å². The lowest BCUT2D eigenvalue weighted by atomic mass is 9.79. The summed E-state index contributed by atoms with van der Waals surface area (Å²) < 4.78 is 7.18. The average Bonchev–Trinajstić information content (AvgIpc) is 1.73. The Kier molecular flexibility index (Phi) is 12.3. The Morgan fingerprint density at radius 3 is 1.72 bits per heavy atom. The van der Waals surface area contributed by atoms with Crippen LogP contribution in [0.4, 0.5) is 0 Å². The zero-order chi connectivity index (χ0) is 57.2. The van der Waals surface area contributed by atoms with Crippen molar-refractivity contribution >= 4 is 67.9 Å². The van der Waals surface area contributed by atoms with Crippen molar-refractivity contribution < 1.29 is 5.11 Å². The summed E-state index contributed by atoms with van der Waals surface area (Å²) in [5.74, 6) is 0.955. The summed E-state index contributed by atoms with van der Waals surface area (Å²) in [5.41, 5.74) is 19.0. The molecule has 0 bridgehead atoms. The Morgan fingerprint density at radius 1 is 0.427 bits per heavy atom. The number of hydrogen-bond donors (Lipinski definition) is 1. The van der Waals surface area contributed by atoms with Crippen molar-refractivity contribution in [3.05, 3.63) is 223 Å². The topological polar surface area (TPSA) is 60.8 Å². The Bertz CT molecular complexity index is 4650. The molecule has 6 nitrogen and oxygen atoms in total. The maximum absolute atomic E-state index is 12.8. The summed E-state index contributed by atoms with van der Waals surface area (Å²) in [4.78, 5) is 11.2. The Balaban J connectivity index is 1.08. The Morgan fingerprint density at radius 2 is 1.05 bits per heavy atom. The monoisotopic (exact) mass is 1090 g/mol. The third-order valence-corrected chi connectivity index (χ3v) is 18.8. The molecule has 0 aliphatic heterocycles. The highest BCUT2D eigenvalue weighted by Gasteiger charge is 2.31. The zero-order valence-corrected chi connectivity index (χ0v) is 50.3. The van der Waals surface area contributed by atoms with E-state index >= 15 is 0 Å². The number of phenolic OH excluding ortho intramolecular Hbond substituents is 1. The fourth-order valence-corrected chi connectivity index (χ4v) is 13.4. The quantitative estimate of drug-likeness (QED) is 0.154. The number of para-hydroxylation sites is 4. The van der Waals surface area contributed by atoms with E-state index in [1.807, 2.05) is 0 Å². The van der Waals surface area contributed by atoms with Crippen molar-refractivity contribution in [2.24, 2.45) is 0 Å². The van der Waals surface area contributed by atoms with E-state index in [0.29, 0.717) is 11.4 Å². The fraction of sp³-hybridized carbons (Fsp3) is 0.200. The second kappa shape index (κ2) is 19.2. The highest BCUT2D eigenvalue weighted by molar-refractivity contribution is 6.88. The van der Waals surface area contributed by atoms with Gasteiger partial charge in [0.2, 0.25) is 0 Å². The van der Waals surface area contributed by atoms with Crippen LogP contribution in [0.25, 0.3) is 117 Å². The van der Waals surface area contributed by atoms with Gasteiger partial charge >= 0.3 is 0 Å². The molecule has 0 amide bonds. The molecule has 4 aromatic heterocycles. The van der Waals surface area contributed by atoms with Gasteiger partial charge < -0.3 is 14.2 Å². The van der Waals surface area contributed by atoms with Crippen LogP contribution < -0.4 is 5.19 Å². The SMILES string of the molecule is CC(C)(C)c1cc(-c2cc3c(cn2)c2ccc4c(c5ccccc5n4-c4ccccc4)c2n3-c2ccccc2)cc(-c2cccc3c2nc(-c2cc(C(C)(C)C)cc(C(C)(C)C)c2O)n3-c2ccc([Si](C)(C)C)cc2-c2ccccc2)c1. The minimum absolute atomic E-state index is 0.204. The molecule has 13 aromatic rings. The molecule has 0 atom stereocenters. The number of phenols is 1. The number of imidazole rings is 1. The van der Waals surface area contributed by atoms with Gasteiger partial charge in [-0.3, -0.25) is 9.55 Å². The second-order valence-electron chi connectivity index (χ2n) is 26.6. The van der Waals surface area contributed by atoms with E-state index < -0.39 is 8.07 Å². The van der Waals surface area contributed by atoms with Crippen LogP contribution in [-0.2, 0) is 16.2 Å². The van der Waals surface area contributed by atoms with Gasteiger partial charge in [-0.1, -0.05) is 215 Å². The molecule has 0 saturated carbocycles. The smallest absolute Gasteiger partial charge is 0.149 e. The lowest BCUT2D eigenvalue weighted by Crippen LogP contribution is -2.37. The highest BCUT2D eigenvalue weighted by Crippen LogP contribution is 2.47. The average molecular weight is 1090 g/mol. The molecule has 9 aromatic carbocycles. The predicted octanol–water partition coefficient (Wildman–Crippen LogP) is 19.4. The lowest BCUT2D eigenvalue weighted by molar-refractivity contribution is 0.446. The fourth-order valence-electron chi connectivity index (χ4n) is 12.3. The minimum atomic E-state index is -1.76. The van der Waals surface area contributed by atoms with Gasteiger partial charge in [0.05, 0.1) is 58.1 Å². The molecule has 4 heterocycles. The van der Waals surface area contributed by atoms with Gasteiger partial charge in [-0.15, -0.1) is 0 Å². The molecule has 82 heavy (non-hydrogen) atoms. The summed E-state index contributed by atoms with van der Waals surface area (Å²) >= 11 is 0. The molecule has 0 fully saturated rings. The number of rotatable bonds is 8. The van der Waals surface area contributed by atoms with Crippen LogP contribution >= 0.6 is 0 Å². The number of fused-ring (bicyclic) bond motifs is 8. The summed E-state index contributed by atoms with van der Waals surface area (Å²) in [6.45, 7) is 27.4. The minimum Gasteiger partial charge on any atom is -0.507 e. The van der Waals surface area contributed by atoms with E-state index in [-0.39, 0.29) is 22.0 Å². The summed E-state index contributed by atoms with van der Waals surface area (Å²) in [6.07, 6.45) is 2.09. The van der Waals surface area contributed by atoms with Gasteiger partial charge in [0.25, 0.3) is 0 Å². The van der Waals surface area contributed by atoms with Gasteiger partial charge in [0, 0.05) is 61.4 Å². The summed E-state index contributed by atoms with van der Waals surface area (Å²) in [6, 6.07) is 72.9. The third-order valence-electron chi connectivity index (χ3n) is 16.8. The van der Waals surface area contributed by atoms with Crippen LogP contribution in [0, 0.1) is 0 Å². The molecular formula is C75H71N5OSi. The van der Waals surface area contributed by atoms with Gasteiger partial charge in [-0.05, 0) is 111 Å². The van der Waals surface area contributed by atoms with Crippen LogP contribution in [0.3, 0.4) is 0 Å². The highest BCUT2D eigenvalue weighted by atomic mass is 28.3. The molecular weight excluding hydrogens is 1010 g/mol. The summed E-state index contributed by atoms with van der Waals surface area (Å²) in [7, 11) is -1.76. The molecule has 406 valence electrons. The Hall–Kier alpha value is -8.78. The van der Waals surface area contributed by atoms with Crippen LogP contribution in [-0.4, -0.2) is 36.8 Å². The van der Waals surface area contributed by atoms with Crippen molar-refractivity contribution in [2.75, 3.05) is 0 Å². The van der Waals surface area contributed by atoms with Crippen LogP contribution in [0.5, 0.6) is 5.75 Å². The number of nitrogens with zero attached hydrogens (tertiary/aromatic N) is 5. The van der Waals surface area contributed by atoms with E-state index in [9.17, 15) is 5.11 Å². The first kappa shape index (κ1) is 52.6. The van der Waals surface area contributed by atoms with E-state index in [4.69, 9.17) is 9.97 Å². The number of hydrogen-bond acceptors (Lipinski definition) is 3. The molecule has 0 spiro atoms. The standard InChI is InChI=1S/C75H71N5OSi/c1-73(2,3)50-40-48(39-49(41-50)62-45-67-60(46-76-62)56-36-38-65-68(70(56)79(67)53-29-20-15-21-30-53)57-31-22-23-33-63(57)78(65)52-27-18-14-19-28-52)55-32-24-34-66-69(55)77-72(59-42-51(74(4,5)6)43-61(71(59)81)75(7,8)9)80(66)64-37-35-54(82(10,11)12)44-58(64)47-25-16-13-17-26-47/h13-46,81H,1-12H3. The van der Waals surface area contributed by atoms with E-state index in [1.165, 1.54) is 27.0 Å². The number of pyridine rings is 1. The Labute approximate surface area is 483 Å². The molecule has 13 rings (SSSR count). The van der Waals surface area contributed by atoms with Crippen molar-refractivity contribution in [3.63, 3.8) is 0 Å². The zero-order valence-electron chi connectivity index (χ0n) is 49.3. The first-order valence-electron chi connectivity index (χ1n) is 28.9. The number of benzene rings is 9.